The van der Waals surface area contributed by atoms with Crippen molar-refractivity contribution in [2.75, 3.05) is 5.32 Å². The molecule has 1 heterocycles. The van der Waals surface area contributed by atoms with Crippen LogP contribution in [0.3, 0.4) is 0 Å². The summed E-state index contributed by atoms with van der Waals surface area (Å²) >= 11 is 1.34. The predicted molar refractivity (Wildman–Crippen MR) is 96.9 cm³/mol. The van der Waals surface area contributed by atoms with Crippen molar-refractivity contribution in [2.24, 2.45) is 5.73 Å². The number of anilines is 1. The molecule has 24 heavy (non-hydrogen) atoms. The molecule has 0 spiro atoms. The minimum atomic E-state index is -0.694. The molecule has 0 fully saturated rings. The van der Waals surface area contributed by atoms with Crippen molar-refractivity contribution in [1.29, 1.82) is 0 Å². The van der Waals surface area contributed by atoms with Crippen LogP contribution < -0.4 is 15.8 Å². The fraction of sp³-hybridized carbons (Fsp3) is 0.333. The number of thiophene rings is 1. The Bertz CT molecular complexity index is 750. The van der Waals surface area contributed by atoms with E-state index in [9.17, 15) is 9.59 Å². The molecule has 6 heteroatoms. The zero-order valence-electron chi connectivity index (χ0n) is 14.3. The van der Waals surface area contributed by atoms with Crippen molar-refractivity contribution in [1.82, 2.24) is 0 Å². The number of ether oxygens (including phenoxy) is 1. The number of nitrogens with one attached hydrogen (secondary N) is 1. The van der Waals surface area contributed by atoms with Crippen LogP contribution in [0.25, 0.3) is 0 Å². The Morgan fingerprint density at radius 3 is 2.42 bits per heavy atom. The van der Waals surface area contributed by atoms with Crippen LogP contribution in [0.2, 0.25) is 0 Å². The smallest absolute Gasteiger partial charge is 0.265 e. The van der Waals surface area contributed by atoms with Gasteiger partial charge in [0.1, 0.15) is 10.8 Å². The third-order valence-electron chi connectivity index (χ3n) is 3.88. The van der Waals surface area contributed by atoms with E-state index in [4.69, 9.17) is 10.5 Å². The number of carbonyl (C=O) groups is 2. The van der Waals surface area contributed by atoms with Crippen LogP contribution in [-0.2, 0) is 11.2 Å². The summed E-state index contributed by atoms with van der Waals surface area (Å²) in [5.41, 5.74) is 7.78. The van der Waals surface area contributed by atoms with Crippen LogP contribution in [0.4, 0.5) is 5.00 Å². The summed E-state index contributed by atoms with van der Waals surface area (Å²) in [7, 11) is 0. The van der Waals surface area contributed by atoms with E-state index in [0.717, 1.165) is 16.9 Å². The molecule has 5 nitrogen and oxygen atoms in total. The molecule has 2 aromatic rings. The zero-order valence-corrected chi connectivity index (χ0v) is 15.1. The molecule has 0 aliphatic heterocycles. The molecule has 0 bridgehead atoms. The highest BCUT2D eigenvalue weighted by Gasteiger charge is 2.22. The highest BCUT2D eigenvalue weighted by atomic mass is 32.1. The maximum absolute atomic E-state index is 12.4. The molecule has 1 aromatic heterocycles. The SMILES string of the molecule is CCc1ccc(O[C@H](C)C(=O)Nc2sc(C)c(C)c2C(N)=O)cc1. The van der Waals surface area contributed by atoms with E-state index >= 15 is 0 Å². The molecule has 0 saturated heterocycles. The lowest BCUT2D eigenvalue weighted by molar-refractivity contribution is -0.122. The second-order valence-corrected chi connectivity index (χ2v) is 6.82. The van der Waals surface area contributed by atoms with Gasteiger partial charge in [0.15, 0.2) is 6.10 Å². The fourth-order valence-electron chi connectivity index (χ4n) is 2.29. The van der Waals surface area contributed by atoms with E-state index in [1.54, 1.807) is 6.92 Å². The minimum absolute atomic E-state index is 0.321. The third-order valence-corrected chi connectivity index (χ3v) is 5.00. The quantitative estimate of drug-likeness (QED) is 0.841. The summed E-state index contributed by atoms with van der Waals surface area (Å²) in [6.45, 7) is 7.45. The molecular formula is C18H22N2O3S. The van der Waals surface area contributed by atoms with Gasteiger partial charge < -0.3 is 15.8 Å². The topological polar surface area (TPSA) is 81.4 Å². The average molecular weight is 346 g/mol. The summed E-state index contributed by atoms with van der Waals surface area (Å²) in [6, 6.07) is 7.63. The first kappa shape index (κ1) is 18.0. The number of hydrogen-bond acceptors (Lipinski definition) is 4. The van der Waals surface area contributed by atoms with Gasteiger partial charge in [-0.3, -0.25) is 9.59 Å². The van der Waals surface area contributed by atoms with Crippen LogP contribution >= 0.6 is 11.3 Å². The average Bonchev–Trinajstić information content (AvgIpc) is 2.82. The van der Waals surface area contributed by atoms with Crippen molar-refractivity contribution in [3.8, 4) is 5.75 Å². The Morgan fingerprint density at radius 2 is 1.88 bits per heavy atom. The highest BCUT2D eigenvalue weighted by Crippen LogP contribution is 2.32. The number of hydrogen-bond donors (Lipinski definition) is 2. The van der Waals surface area contributed by atoms with Crippen molar-refractivity contribution in [3.63, 3.8) is 0 Å². The Balaban J connectivity index is 2.09. The number of carbonyl (C=O) groups excluding carboxylic acids is 2. The summed E-state index contributed by atoms with van der Waals surface area (Å²) < 4.78 is 5.66. The lowest BCUT2D eigenvalue weighted by Gasteiger charge is -2.15. The molecular weight excluding hydrogens is 324 g/mol. The number of amides is 2. The molecule has 1 aromatic carbocycles. The van der Waals surface area contributed by atoms with E-state index < -0.39 is 12.0 Å². The molecule has 3 N–H and O–H groups in total. The van der Waals surface area contributed by atoms with Crippen LogP contribution in [0, 0.1) is 13.8 Å². The molecule has 0 unspecified atom stereocenters. The Kier molecular flexibility index (Phi) is 5.62. The number of rotatable bonds is 6. The monoisotopic (exact) mass is 346 g/mol. The Hall–Kier alpha value is -2.34. The maximum Gasteiger partial charge on any atom is 0.265 e. The van der Waals surface area contributed by atoms with Gasteiger partial charge in [0, 0.05) is 4.88 Å². The summed E-state index contributed by atoms with van der Waals surface area (Å²) in [5.74, 6) is -0.238. The van der Waals surface area contributed by atoms with E-state index in [-0.39, 0.29) is 5.91 Å². The molecule has 2 amide bonds. The standard InChI is InChI=1S/C18H22N2O3S/c1-5-13-6-8-14(9-7-13)23-11(3)17(22)20-18-15(16(19)21)10(2)12(4)24-18/h6-9,11H,5H2,1-4H3,(H2,19,21)(H,20,22)/t11-/m1/s1. The van der Waals surface area contributed by atoms with E-state index in [1.807, 2.05) is 38.1 Å². The molecule has 0 aliphatic rings. The zero-order chi connectivity index (χ0) is 17.9. The van der Waals surface area contributed by atoms with Gasteiger partial charge in [0.25, 0.3) is 11.8 Å². The van der Waals surface area contributed by atoms with Crippen molar-refractivity contribution >= 4 is 28.2 Å². The van der Waals surface area contributed by atoms with Gasteiger partial charge >= 0.3 is 0 Å². The first-order chi connectivity index (χ1) is 11.3. The van der Waals surface area contributed by atoms with Crippen LogP contribution in [0.15, 0.2) is 24.3 Å². The van der Waals surface area contributed by atoms with Gasteiger partial charge in [-0.1, -0.05) is 19.1 Å². The molecule has 2 rings (SSSR count). The molecule has 0 saturated carbocycles. The third kappa shape index (κ3) is 3.94. The van der Waals surface area contributed by atoms with Crippen LogP contribution in [-0.4, -0.2) is 17.9 Å². The van der Waals surface area contributed by atoms with E-state index in [2.05, 4.69) is 12.2 Å². The Labute approximate surface area is 145 Å². The van der Waals surface area contributed by atoms with Crippen LogP contribution in [0.5, 0.6) is 5.75 Å². The fourth-order valence-corrected chi connectivity index (χ4v) is 3.36. The lowest BCUT2D eigenvalue weighted by Crippen LogP contribution is -2.30. The summed E-state index contributed by atoms with van der Waals surface area (Å²) in [4.78, 5) is 24.9. The molecule has 128 valence electrons. The van der Waals surface area contributed by atoms with Gasteiger partial charge in [-0.2, -0.15) is 0 Å². The summed E-state index contributed by atoms with van der Waals surface area (Å²) in [6.07, 6.45) is 0.254. The van der Waals surface area contributed by atoms with Crippen molar-refractivity contribution in [3.05, 3.63) is 45.8 Å². The van der Waals surface area contributed by atoms with Gasteiger partial charge in [-0.25, -0.2) is 0 Å². The first-order valence-electron chi connectivity index (χ1n) is 7.79. The second-order valence-electron chi connectivity index (χ2n) is 5.60. The van der Waals surface area contributed by atoms with Gasteiger partial charge in [-0.05, 0) is 50.5 Å². The van der Waals surface area contributed by atoms with Crippen LogP contribution in [0.1, 0.15) is 40.2 Å². The normalized spacial score (nSPS) is 11.8. The first-order valence-corrected chi connectivity index (χ1v) is 8.61. The molecule has 1 atom stereocenters. The van der Waals surface area contributed by atoms with E-state index in [0.29, 0.717) is 16.3 Å². The Morgan fingerprint density at radius 1 is 1.25 bits per heavy atom. The maximum atomic E-state index is 12.4. The minimum Gasteiger partial charge on any atom is -0.481 e. The van der Waals surface area contributed by atoms with E-state index in [1.165, 1.54) is 16.9 Å². The van der Waals surface area contributed by atoms with Gasteiger partial charge in [0.05, 0.1) is 5.56 Å². The van der Waals surface area contributed by atoms with Gasteiger partial charge in [-0.15, -0.1) is 11.3 Å². The summed E-state index contributed by atoms with van der Waals surface area (Å²) in [5, 5.41) is 3.22. The number of aryl methyl sites for hydroxylation is 2. The predicted octanol–water partition coefficient (Wildman–Crippen LogP) is 3.43. The highest BCUT2D eigenvalue weighted by molar-refractivity contribution is 7.16. The van der Waals surface area contributed by atoms with Gasteiger partial charge in [0.2, 0.25) is 0 Å². The second kappa shape index (κ2) is 7.49. The molecule has 0 aliphatic carbocycles. The van der Waals surface area contributed by atoms with Crippen molar-refractivity contribution < 1.29 is 14.3 Å². The number of benzene rings is 1. The molecule has 0 radical (unpaired) electrons. The lowest BCUT2D eigenvalue weighted by atomic mass is 10.1. The number of nitrogens with two attached hydrogens (primary N) is 1. The van der Waals surface area contributed by atoms with Crippen molar-refractivity contribution in [2.45, 2.75) is 40.2 Å². The largest absolute Gasteiger partial charge is 0.481 e. The number of primary amides is 1.